The van der Waals surface area contributed by atoms with Crippen molar-refractivity contribution in [2.45, 2.75) is 24.8 Å². The van der Waals surface area contributed by atoms with E-state index in [-0.39, 0.29) is 11.5 Å². The first kappa shape index (κ1) is 18.5. The van der Waals surface area contributed by atoms with Crippen LogP contribution in [0, 0.1) is 0 Å². The number of furan rings is 1. The first-order valence-electron chi connectivity index (χ1n) is 8.96. The monoisotopic (exact) mass is 400 g/mol. The molecule has 28 heavy (non-hydrogen) atoms. The summed E-state index contributed by atoms with van der Waals surface area (Å²) in [6, 6.07) is 12.2. The lowest BCUT2D eigenvalue weighted by Crippen LogP contribution is -2.21. The van der Waals surface area contributed by atoms with E-state index in [0.29, 0.717) is 36.4 Å². The van der Waals surface area contributed by atoms with Crippen LogP contribution in [-0.2, 0) is 27.7 Å². The first-order chi connectivity index (χ1) is 13.4. The standard InChI is InChI=1S/C20H20N2O5S/c1-2-26-20(23)19-15-5-3-4-6-17(15)27-18(19)12-22-10-9-13-11-14(28(21,24)25)7-8-16(13)22/h3-8,11H,2,9-10,12H2,1H3,(H2,21,24,25). The van der Waals surface area contributed by atoms with Gasteiger partial charge in [-0.05, 0) is 43.2 Å². The van der Waals surface area contributed by atoms with E-state index < -0.39 is 16.0 Å². The quantitative estimate of drug-likeness (QED) is 0.661. The van der Waals surface area contributed by atoms with Gasteiger partial charge in [0.05, 0.1) is 18.0 Å². The molecule has 2 aromatic carbocycles. The molecule has 0 fully saturated rings. The smallest absolute Gasteiger partial charge is 0.342 e. The molecule has 0 bridgehead atoms. The van der Waals surface area contributed by atoms with Crippen LogP contribution in [0.3, 0.4) is 0 Å². The normalized spacial score (nSPS) is 13.7. The molecule has 0 aliphatic carbocycles. The van der Waals surface area contributed by atoms with Crippen LogP contribution in [0.4, 0.5) is 5.69 Å². The van der Waals surface area contributed by atoms with Crippen LogP contribution in [0.1, 0.15) is 28.6 Å². The lowest BCUT2D eigenvalue weighted by atomic mass is 10.1. The van der Waals surface area contributed by atoms with Crippen LogP contribution in [0.5, 0.6) is 0 Å². The minimum absolute atomic E-state index is 0.101. The number of ether oxygens (including phenoxy) is 1. The van der Waals surface area contributed by atoms with Crippen LogP contribution in [0.25, 0.3) is 11.0 Å². The summed E-state index contributed by atoms with van der Waals surface area (Å²) in [5, 5.41) is 5.95. The highest BCUT2D eigenvalue weighted by atomic mass is 32.2. The Bertz CT molecular complexity index is 1170. The molecule has 8 heteroatoms. The van der Waals surface area contributed by atoms with E-state index in [1.807, 2.05) is 24.3 Å². The Kier molecular flexibility index (Phi) is 4.60. The number of fused-ring (bicyclic) bond motifs is 2. The average Bonchev–Trinajstić information content (AvgIpc) is 3.22. The summed E-state index contributed by atoms with van der Waals surface area (Å²) in [7, 11) is -3.74. The van der Waals surface area contributed by atoms with Gasteiger partial charge in [-0.25, -0.2) is 18.4 Å². The lowest BCUT2D eigenvalue weighted by molar-refractivity contribution is 0.0526. The fourth-order valence-corrected chi connectivity index (χ4v) is 4.16. The molecule has 0 amide bonds. The van der Waals surface area contributed by atoms with Crippen LogP contribution in [-0.4, -0.2) is 27.5 Å². The third-order valence-corrected chi connectivity index (χ3v) is 5.76. The van der Waals surface area contributed by atoms with E-state index in [1.165, 1.54) is 6.07 Å². The summed E-state index contributed by atoms with van der Waals surface area (Å²) >= 11 is 0. The minimum Gasteiger partial charge on any atom is -0.462 e. The van der Waals surface area contributed by atoms with Gasteiger partial charge in [0.1, 0.15) is 16.9 Å². The molecule has 0 unspecified atom stereocenters. The van der Waals surface area contributed by atoms with Crippen LogP contribution < -0.4 is 10.0 Å². The van der Waals surface area contributed by atoms with E-state index in [9.17, 15) is 13.2 Å². The number of hydrogen-bond acceptors (Lipinski definition) is 6. The molecule has 0 atom stereocenters. The van der Waals surface area contributed by atoms with Crippen molar-refractivity contribution in [1.29, 1.82) is 0 Å². The van der Waals surface area contributed by atoms with Crippen molar-refractivity contribution in [1.82, 2.24) is 0 Å². The zero-order chi connectivity index (χ0) is 19.9. The summed E-state index contributed by atoms with van der Waals surface area (Å²) in [6.07, 6.45) is 0.688. The number of primary sulfonamides is 1. The molecule has 1 aliphatic rings. The van der Waals surface area contributed by atoms with Crippen molar-refractivity contribution >= 4 is 32.6 Å². The second-order valence-corrected chi connectivity index (χ2v) is 8.19. The van der Waals surface area contributed by atoms with Crippen LogP contribution >= 0.6 is 0 Å². The minimum atomic E-state index is -3.74. The number of benzene rings is 2. The molecule has 0 saturated carbocycles. The third kappa shape index (κ3) is 3.25. The highest BCUT2D eigenvalue weighted by Crippen LogP contribution is 2.34. The van der Waals surface area contributed by atoms with Crippen molar-refractivity contribution in [3.8, 4) is 0 Å². The van der Waals surface area contributed by atoms with E-state index in [0.717, 1.165) is 16.6 Å². The number of nitrogens with zero attached hydrogens (tertiary/aromatic N) is 1. The van der Waals surface area contributed by atoms with Crippen molar-refractivity contribution < 1.29 is 22.4 Å². The Labute approximate surface area is 162 Å². The van der Waals surface area contributed by atoms with E-state index in [2.05, 4.69) is 4.90 Å². The van der Waals surface area contributed by atoms with Gasteiger partial charge in [-0.3, -0.25) is 0 Å². The highest BCUT2D eigenvalue weighted by molar-refractivity contribution is 7.89. The molecule has 2 heterocycles. The number of para-hydroxylation sites is 1. The van der Waals surface area contributed by atoms with Gasteiger partial charge in [0, 0.05) is 17.6 Å². The zero-order valence-corrected chi connectivity index (χ0v) is 16.2. The SMILES string of the molecule is CCOC(=O)c1c(CN2CCc3cc(S(N)(=O)=O)ccc32)oc2ccccc12. The number of hydrogen-bond donors (Lipinski definition) is 1. The van der Waals surface area contributed by atoms with Gasteiger partial charge < -0.3 is 14.1 Å². The van der Waals surface area contributed by atoms with Gasteiger partial charge in [-0.2, -0.15) is 0 Å². The van der Waals surface area contributed by atoms with E-state index >= 15 is 0 Å². The van der Waals surface area contributed by atoms with E-state index in [4.69, 9.17) is 14.3 Å². The third-order valence-electron chi connectivity index (χ3n) is 4.85. The van der Waals surface area contributed by atoms with Crippen LogP contribution in [0.15, 0.2) is 51.8 Å². The summed E-state index contributed by atoms with van der Waals surface area (Å²) in [5.74, 6) is 0.120. The summed E-state index contributed by atoms with van der Waals surface area (Å²) in [5.41, 5.74) is 2.87. The van der Waals surface area contributed by atoms with Crippen molar-refractivity contribution in [3.63, 3.8) is 0 Å². The highest BCUT2D eigenvalue weighted by Gasteiger charge is 2.27. The number of esters is 1. The Hall–Kier alpha value is -2.84. The molecular formula is C20H20N2O5S. The second-order valence-electron chi connectivity index (χ2n) is 6.62. The lowest BCUT2D eigenvalue weighted by Gasteiger charge is -2.18. The summed E-state index contributed by atoms with van der Waals surface area (Å²) < 4.78 is 34.4. The molecule has 1 aliphatic heterocycles. The molecular weight excluding hydrogens is 380 g/mol. The largest absolute Gasteiger partial charge is 0.462 e. The fourth-order valence-electron chi connectivity index (χ4n) is 3.60. The van der Waals surface area contributed by atoms with Gasteiger partial charge in [0.25, 0.3) is 0 Å². The second kappa shape index (κ2) is 6.96. The number of sulfonamides is 1. The number of carbonyl (C=O) groups excluding carboxylic acids is 1. The number of carbonyl (C=O) groups is 1. The fraction of sp³-hybridized carbons (Fsp3) is 0.250. The Balaban J connectivity index is 1.71. The zero-order valence-electron chi connectivity index (χ0n) is 15.3. The van der Waals surface area contributed by atoms with Gasteiger partial charge in [-0.1, -0.05) is 18.2 Å². The molecule has 0 radical (unpaired) electrons. The molecule has 2 N–H and O–H groups in total. The maximum Gasteiger partial charge on any atom is 0.342 e. The van der Waals surface area contributed by atoms with Crippen LogP contribution in [0.2, 0.25) is 0 Å². The number of rotatable bonds is 5. The Morgan fingerprint density at radius 1 is 1.25 bits per heavy atom. The first-order valence-corrected chi connectivity index (χ1v) is 10.5. The van der Waals surface area contributed by atoms with Crippen molar-refractivity contribution in [2.75, 3.05) is 18.1 Å². The molecule has 4 rings (SSSR count). The number of anilines is 1. The Morgan fingerprint density at radius 3 is 2.79 bits per heavy atom. The number of nitrogens with two attached hydrogens (primary N) is 1. The molecule has 0 spiro atoms. The molecule has 7 nitrogen and oxygen atoms in total. The maximum absolute atomic E-state index is 12.5. The van der Waals surface area contributed by atoms with Crippen molar-refractivity contribution in [3.05, 3.63) is 59.4 Å². The Morgan fingerprint density at radius 2 is 2.04 bits per heavy atom. The van der Waals surface area contributed by atoms with E-state index in [1.54, 1.807) is 19.1 Å². The molecule has 3 aromatic rings. The van der Waals surface area contributed by atoms with Gasteiger partial charge >= 0.3 is 5.97 Å². The summed E-state index contributed by atoms with van der Waals surface area (Å²) in [6.45, 7) is 3.10. The average molecular weight is 400 g/mol. The molecule has 0 saturated heterocycles. The predicted octanol–water partition coefficient (Wildman–Crippen LogP) is 2.82. The topological polar surface area (TPSA) is 103 Å². The van der Waals surface area contributed by atoms with Gasteiger partial charge in [0.2, 0.25) is 10.0 Å². The molecule has 146 valence electrons. The van der Waals surface area contributed by atoms with Gasteiger partial charge in [0.15, 0.2) is 0 Å². The predicted molar refractivity (Wildman–Crippen MR) is 105 cm³/mol. The van der Waals surface area contributed by atoms with Gasteiger partial charge in [-0.15, -0.1) is 0 Å². The molecule has 1 aromatic heterocycles. The van der Waals surface area contributed by atoms with Crippen molar-refractivity contribution in [2.24, 2.45) is 5.14 Å². The maximum atomic E-state index is 12.5. The summed E-state index contributed by atoms with van der Waals surface area (Å²) in [4.78, 5) is 14.7.